The molecule has 0 spiro atoms. The Morgan fingerprint density at radius 2 is 2.24 bits per heavy atom. The zero-order valence-corrected chi connectivity index (χ0v) is 13.2. The summed E-state index contributed by atoms with van der Waals surface area (Å²) in [7, 11) is -1.58. The Balaban J connectivity index is 1.65. The summed E-state index contributed by atoms with van der Waals surface area (Å²) in [4.78, 5) is 5.82. The van der Waals surface area contributed by atoms with Crippen LogP contribution in [0.4, 0.5) is 0 Å². The lowest BCUT2D eigenvalue weighted by molar-refractivity contribution is 0.176. The Morgan fingerprint density at radius 3 is 3.05 bits per heavy atom. The molecule has 1 aromatic rings. The van der Waals surface area contributed by atoms with Gasteiger partial charge in [0.15, 0.2) is 0 Å². The second-order valence-corrected chi connectivity index (χ2v) is 7.78. The monoisotopic (exact) mass is 312 g/mol. The molecule has 6 nitrogen and oxygen atoms in total. The van der Waals surface area contributed by atoms with Crippen molar-refractivity contribution in [1.82, 2.24) is 19.9 Å². The van der Waals surface area contributed by atoms with Gasteiger partial charge in [0.1, 0.15) is 0 Å². The zero-order valence-electron chi connectivity index (χ0n) is 12.4. The minimum absolute atomic E-state index is 0.0667. The summed E-state index contributed by atoms with van der Waals surface area (Å²) >= 11 is 0. The van der Waals surface area contributed by atoms with E-state index < -0.39 is 10.0 Å². The first kappa shape index (κ1) is 15.0. The number of fused-ring (bicyclic) bond motifs is 1. The van der Waals surface area contributed by atoms with Crippen LogP contribution in [0.5, 0.6) is 0 Å². The first-order chi connectivity index (χ1) is 10.1. The summed E-state index contributed by atoms with van der Waals surface area (Å²) in [6.07, 6.45) is 5.86. The first-order valence-corrected chi connectivity index (χ1v) is 9.15. The molecule has 0 bridgehead atoms. The fourth-order valence-electron chi connectivity index (χ4n) is 3.49. The maximum absolute atomic E-state index is 12.4. The van der Waals surface area contributed by atoms with Gasteiger partial charge in [0.2, 0.25) is 10.0 Å². The van der Waals surface area contributed by atoms with Crippen molar-refractivity contribution in [3.63, 3.8) is 0 Å². The quantitative estimate of drug-likeness (QED) is 0.746. The Hall–Kier alpha value is -0.890. The highest BCUT2D eigenvalue weighted by atomic mass is 32.2. The van der Waals surface area contributed by atoms with E-state index in [9.17, 15) is 8.42 Å². The molecule has 118 valence electrons. The van der Waals surface area contributed by atoms with Crippen molar-refractivity contribution in [1.29, 1.82) is 0 Å². The van der Waals surface area contributed by atoms with Crippen LogP contribution in [0.1, 0.15) is 31.4 Å². The molecule has 0 aliphatic carbocycles. The molecule has 0 saturated carbocycles. The van der Waals surface area contributed by atoms with Gasteiger partial charge in [0.25, 0.3) is 0 Å². The second-order valence-electron chi connectivity index (χ2n) is 6.07. The van der Waals surface area contributed by atoms with Gasteiger partial charge in [-0.15, -0.1) is 0 Å². The number of nitrogens with zero attached hydrogens (tertiary/aromatic N) is 1. The topological polar surface area (TPSA) is 77.2 Å². The molecule has 3 heterocycles. The first-order valence-electron chi connectivity index (χ1n) is 7.67. The second kappa shape index (κ2) is 6.08. The van der Waals surface area contributed by atoms with Crippen LogP contribution in [0.2, 0.25) is 0 Å². The molecule has 3 N–H and O–H groups in total. The molecular formula is C14H24N4O2S. The Morgan fingerprint density at radius 1 is 1.38 bits per heavy atom. The van der Waals surface area contributed by atoms with Gasteiger partial charge in [-0.2, -0.15) is 0 Å². The summed E-state index contributed by atoms with van der Waals surface area (Å²) in [5.74, 6) is 0. The van der Waals surface area contributed by atoms with E-state index in [0.29, 0.717) is 17.5 Å². The van der Waals surface area contributed by atoms with Crippen molar-refractivity contribution in [2.24, 2.45) is 0 Å². The third-order valence-corrected chi connectivity index (χ3v) is 6.04. The van der Waals surface area contributed by atoms with Gasteiger partial charge in [-0.3, -0.25) is 0 Å². The molecular weight excluding hydrogens is 288 g/mol. The van der Waals surface area contributed by atoms with E-state index in [1.165, 1.54) is 19.4 Å². The van der Waals surface area contributed by atoms with Crippen LogP contribution in [0.15, 0.2) is 17.2 Å². The number of aromatic nitrogens is 1. The Labute approximate surface area is 126 Å². The van der Waals surface area contributed by atoms with Crippen LogP contribution in [0.3, 0.4) is 0 Å². The van der Waals surface area contributed by atoms with Gasteiger partial charge >= 0.3 is 0 Å². The van der Waals surface area contributed by atoms with Gasteiger partial charge in [-0.05, 0) is 51.9 Å². The molecule has 2 unspecified atom stereocenters. The largest absolute Gasteiger partial charge is 0.363 e. The molecule has 2 atom stereocenters. The van der Waals surface area contributed by atoms with Crippen LogP contribution in [0, 0.1) is 0 Å². The van der Waals surface area contributed by atoms with Crippen LogP contribution < -0.4 is 10.0 Å². The Kier molecular flexibility index (Phi) is 4.35. The predicted octanol–water partition coefficient (Wildman–Crippen LogP) is 0.639. The van der Waals surface area contributed by atoms with Crippen LogP contribution >= 0.6 is 0 Å². The van der Waals surface area contributed by atoms with E-state index in [4.69, 9.17) is 0 Å². The van der Waals surface area contributed by atoms with Crippen molar-refractivity contribution in [3.8, 4) is 0 Å². The average Bonchev–Trinajstić information content (AvgIpc) is 3.07. The number of piperidine rings is 1. The van der Waals surface area contributed by atoms with Crippen molar-refractivity contribution in [3.05, 3.63) is 18.0 Å². The maximum atomic E-state index is 12.4. The van der Waals surface area contributed by atoms with Crippen LogP contribution in [-0.4, -0.2) is 50.5 Å². The SMILES string of the molecule is CNCc1cc(S(=O)(=O)NC2CCN3CCCC3C2)c[nH]1. The molecule has 2 aliphatic rings. The Bertz CT molecular complexity index is 584. The van der Waals surface area contributed by atoms with E-state index in [0.717, 1.165) is 25.1 Å². The molecule has 0 amide bonds. The average molecular weight is 312 g/mol. The van der Waals surface area contributed by atoms with E-state index in [1.54, 1.807) is 12.3 Å². The lowest BCUT2D eigenvalue weighted by Gasteiger charge is -2.34. The van der Waals surface area contributed by atoms with Gasteiger partial charge < -0.3 is 15.2 Å². The fourth-order valence-corrected chi connectivity index (χ4v) is 4.79. The number of rotatable bonds is 5. The standard InChI is InChI=1S/C14H24N4O2S/c1-15-9-12-8-14(10-16-12)21(19,20)17-11-4-6-18-5-2-3-13(18)7-11/h8,10-11,13,15-17H,2-7,9H2,1H3. The number of hydrogen-bond donors (Lipinski definition) is 3. The van der Waals surface area contributed by atoms with Crippen molar-refractivity contribution in [2.45, 2.75) is 49.2 Å². The smallest absolute Gasteiger partial charge is 0.242 e. The third kappa shape index (κ3) is 3.31. The molecule has 0 radical (unpaired) electrons. The highest BCUT2D eigenvalue weighted by Crippen LogP contribution is 2.27. The number of aromatic amines is 1. The van der Waals surface area contributed by atoms with Crippen molar-refractivity contribution >= 4 is 10.0 Å². The van der Waals surface area contributed by atoms with Gasteiger partial charge in [-0.1, -0.05) is 0 Å². The molecule has 2 fully saturated rings. The van der Waals surface area contributed by atoms with Crippen LogP contribution in [-0.2, 0) is 16.6 Å². The molecule has 3 rings (SSSR count). The molecule has 1 aromatic heterocycles. The van der Waals surface area contributed by atoms with E-state index in [2.05, 4.69) is 19.9 Å². The molecule has 21 heavy (non-hydrogen) atoms. The lowest BCUT2D eigenvalue weighted by Crippen LogP contribution is -2.47. The third-order valence-electron chi connectivity index (χ3n) is 4.54. The number of sulfonamides is 1. The summed E-state index contributed by atoms with van der Waals surface area (Å²) < 4.78 is 27.8. The molecule has 7 heteroatoms. The fraction of sp³-hybridized carbons (Fsp3) is 0.714. The van der Waals surface area contributed by atoms with Crippen molar-refractivity contribution in [2.75, 3.05) is 20.1 Å². The zero-order chi connectivity index (χ0) is 14.9. The van der Waals surface area contributed by atoms with E-state index >= 15 is 0 Å². The summed E-state index contributed by atoms with van der Waals surface area (Å²) in [5.41, 5.74) is 0.878. The number of nitrogens with one attached hydrogen (secondary N) is 3. The normalized spacial score (nSPS) is 26.9. The predicted molar refractivity (Wildman–Crippen MR) is 81.5 cm³/mol. The van der Waals surface area contributed by atoms with Gasteiger partial charge in [0.05, 0.1) is 4.90 Å². The summed E-state index contributed by atoms with van der Waals surface area (Å²) in [5, 5.41) is 3.00. The van der Waals surface area contributed by atoms with Gasteiger partial charge in [-0.25, -0.2) is 13.1 Å². The number of H-pyrrole nitrogens is 1. The molecule has 2 aliphatic heterocycles. The van der Waals surface area contributed by atoms with E-state index in [-0.39, 0.29) is 6.04 Å². The highest BCUT2D eigenvalue weighted by molar-refractivity contribution is 7.89. The molecule has 0 aromatic carbocycles. The van der Waals surface area contributed by atoms with E-state index in [1.807, 2.05) is 7.05 Å². The van der Waals surface area contributed by atoms with Gasteiger partial charge in [0, 0.05) is 30.5 Å². The minimum atomic E-state index is -3.41. The lowest BCUT2D eigenvalue weighted by atomic mass is 9.99. The highest BCUT2D eigenvalue weighted by Gasteiger charge is 2.33. The summed E-state index contributed by atoms with van der Waals surface area (Å²) in [6.45, 7) is 2.82. The van der Waals surface area contributed by atoms with Crippen LogP contribution in [0.25, 0.3) is 0 Å². The number of hydrogen-bond acceptors (Lipinski definition) is 4. The minimum Gasteiger partial charge on any atom is -0.363 e. The van der Waals surface area contributed by atoms with Crippen molar-refractivity contribution < 1.29 is 8.42 Å². The maximum Gasteiger partial charge on any atom is 0.242 e. The molecule has 2 saturated heterocycles. The summed E-state index contributed by atoms with van der Waals surface area (Å²) in [6, 6.07) is 2.33.